The van der Waals surface area contributed by atoms with E-state index in [0.717, 1.165) is 22.0 Å². The van der Waals surface area contributed by atoms with Crippen LogP contribution in [0.25, 0.3) is 21.5 Å². The van der Waals surface area contributed by atoms with E-state index in [1.165, 1.54) is 15.8 Å². The minimum Gasteiger partial charge on any atom is -0.486 e. The van der Waals surface area contributed by atoms with E-state index in [2.05, 4.69) is 35.2 Å². The van der Waals surface area contributed by atoms with E-state index in [1.54, 1.807) is 11.3 Å². The number of hydrogen-bond acceptors (Lipinski definition) is 4. The lowest BCUT2D eigenvalue weighted by atomic mass is 10.1. The third-order valence-electron chi connectivity index (χ3n) is 4.00. The molecule has 0 aliphatic heterocycles. The van der Waals surface area contributed by atoms with E-state index in [-0.39, 0.29) is 0 Å². The number of benzene rings is 2. The molecule has 2 aromatic heterocycles. The summed E-state index contributed by atoms with van der Waals surface area (Å²) in [6.45, 7) is 2.58. The van der Waals surface area contributed by atoms with Crippen molar-refractivity contribution in [2.24, 2.45) is 7.05 Å². The number of para-hydroxylation sites is 1. The summed E-state index contributed by atoms with van der Waals surface area (Å²) in [7, 11) is 1.95. The van der Waals surface area contributed by atoms with Gasteiger partial charge in [0, 0.05) is 18.8 Å². The van der Waals surface area contributed by atoms with E-state index in [4.69, 9.17) is 4.74 Å². The van der Waals surface area contributed by atoms with Crippen LogP contribution in [0.1, 0.15) is 10.6 Å². The second-order valence-electron chi connectivity index (χ2n) is 5.68. The summed E-state index contributed by atoms with van der Waals surface area (Å²) in [5.74, 6) is 0.859. The van der Waals surface area contributed by atoms with Crippen molar-refractivity contribution >= 4 is 21.6 Å². The summed E-state index contributed by atoms with van der Waals surface area (Å²) >= 11 is 1.68. The monoisotopic (exact) mass is 335 g/mol. The third kappa shape index (κ3) is 2.78. The Morgan fingerprint density at radius 2 is 2.00 bits per heavy atom. The molecule has 0 saturated heterocycles. The number of hydrogen-bond donors (Lipinski definition) is 0. The Morgan fingerprint density at radius 1 is 1.12 bits per heavy atom. The largest absolute Gasteiger partial charge is 0.486 e. The molecule has 0 N–H and O–H groups in total. The molecule has 2 aromatic carbocycles. The van der Waals surface area contributed by atoms with E-state index in [9.17, 15) is 0 Å². The molecule has 0 aliphatic rings. The number of aromatic nitrogens is 3. The maximum absolute atomic E-state index is 5.93. The van der Waals surface area contributed by atoms with E-state index in [1.807, 2.05) is 48.3 Å². The molecule has 0 spiro atoms. The fourth-order valence-corrected chi connectivity index (χ4v) is 3.66. The van der Waals surface area contributed by atoms with Gasteiger partial charge in [0.1, 0.15) is 17.4 Å². The van der Waals surface area contributed by atoms with Crippen LogP contribution < -0.4 is 4.74 Å². The first-order valence-corrected chi connectivity index (χ1v) is 8.58. The van der Waals surface area contributed by atoms with Crippen molar-refractivity contribution < 1.29 is 4.74 Å². The lowest BCUT2D eigenvalue weighted by molar-refractivity contribution is 0.305. The predicted molar refractivity (Wildman–Crippen MR) is 97.3 cm³/mol. The molecule has 0 saturated carbocycles. The van der Waals surface area contributed by atoms with Gasteiger partial charge in [0.25, 0.3) is 0 Å². The van der Waals surface area contributed by atoms with Crippen LogP contribution in [0.2, 0.25) is 0 Å². The predicted octanol–water partition coefficient (Wildman–Crippen LogP) is 4.58. The Labute approximate surface area is 144 Å². The highest BCUT2D eigenvalue weighted by Crippen LogP contribution is 2.27. The van der Waals surface area contributed by atoms with Crippen LogP contribution >= 0.6 is 11.3 Å². The van der Waals surface area contributed by atoms with Crippen LogP contribution in [-0.4, -0.2) is 14.8 Å². The molecule has 0 amide bonds. The second-order valence-corrected chi connectivity index (χ2v) is 6.80. The first-order valence-electron chi connectivity index (χ1n) is 7.77. The molecule has 4 rings (SSSR count). The molecule has 0 atom stereocenters. The van der Waals surface area contributed by atoms with Crippen molar-refractivity contribution in [1.29, 1.82) is 0 Å². The van der Waals surface area contributed by atoms with Crippen LogP contribution in [0.15, 0.2) is 54.7 Å². The van der Waals surface area contributed by atoms with Crippen LogP contribution in [0, 0.1) is 6.92 Å². The Morgan fingerprint density at radius 3 is 2.75 bits per heavy atom. The average Bonchev–Trinajstić information content (AvgIpc) is 3.19. The molecule has 2 heterocycles. The van der Waals surface area contributed by atoms with Crippen molar-refractivity contribution in [2.75, 3.05) is 0 Å². The summed E-state index contributed by atoms with van der Waals surface area (Å²) in [6.07, 6.45) is 1.81. The van der Waals surface area contributed by atoms with Crippen LogP contribution in [0.5, 0.6) is 5.75 Å². The van der Waals surface area contributed by atoms with Gasteiger partial charge in [-0.15, -0.1) is 11.3 Å². The molecule has 24 heavy (non-hydrogen) atoms. The zero-order valence-corrected chi connectivity index (χ0v) is 14.4. The molecular weight excluding hydrogens is 318 g/mol. The highest BCUT2D eigenvalue weighted by Gasteiger charge is 2.08. The van der Waals surface area contributed by atoms with Gasteiger partial charge in [0.05, 0.1) is 15.9 Å². The fraction of sp³-hybridized carbons (Fsp3) is 0.158. The molecule has 4 aromatic rings. The standard InChI is InChI=1S/C19H17N3OS/c1-13-11-14(7-8-15(13)17-9-10-20-22(17)2)23-12-19-21-16-5-3-4-6-18(16)24-19/h3-11H,12H2,1-2H3. The van der Waals surface area contributed by atoms with Crippen molar-refractivity contribution in [3.05, 3.63) is 65.3 Å². The SMILES string of the molecule is Cc1cc(OCc2nc3ccccc3s2)ccc1-c1ccnn1C. The van der Waals surface area contributed by atoms with Gasteiger partial charge in [-0.05, 0) is 48.9 Å². The molecule has 0 bridgehead atoms. The number of rotatable bonds is 4. The van der Waals surface area contributed by atoms with Crippen molar-refractivity contribution in [3.63, 3.8) is 0 Å². The normalized spacial score (nSPS) is 11.1. The Balaban J connectivity index is 1.53. The quantitative estimate of drug-likeness (QED) is 0.548. The van der Waals surface area contributed by atoms with Gasteiger partial charge in [-0.2, -0.15) is 5.10 Å². The van der Waals surface area contributed by atoms with E-state index < -0.39 is 0 Å². The molecule has 4 nitrogen and oxygen atoms in total. The van der Waals surface area contributed by atoms with Crippen molar-refractivity contribution in [1.82, 2.24) is 14.8 Å². The average molecular weight is 335 g/mol. The summed E-state index contributed by atoms with van der Waals surface area (Å²) in [6, 6.07) is 16.3. The van der Waals surface area contributed by atoms with E-state index >= 15 is 0 Å². The minimum absolute atomic E-state index is 0.490. The third-order valence-corrected chi connectivity index (χ3v) is 5.01. The highest BCUT2D eigenvalue weighted by atomic mass is 32.1. The first kappa shape index (κ1) is 14.9. The molecular formula is C19H17N3OS. The number of aryl methyl sites for hydroxylation is 2. The molecule has 5 heteroatoms. The topological polar surface area (TPSA) is 39.9 Å². The Bertz CT molecular complexity index is 970. The lowest BCUT2D eigenvalue weighted by Crippen LogP contribution is -1.97. The van der Waals surface area contributed by atoms with Gasteiger partial charge in [0.2, 0.25) is 0 Å². The molecule has 0 aliphatic carbocycles. The van der Waals surface area contributed by atoms with Gasteiger partial charge in [-0.3, -0.25) is 4.68 Å². The van der Waals surface area contributed by atoms with Gasteiger partial charge < -0.3 is 4.74 Å². The lowest BCUT2D eigenvalue weighted by Gasteiger charge is -2.09. The van der Waals surface area contributed by atoms with Crippen LogP contribution in [-0.2, 0) is 13.7 Å². The fourth-order valence-electron chi connectivity index (χ4n) is 2.78. The number of fused-ring (bicyclic) bond motifs is 1. The Hall–Kier alpha value is -2.66. The second kappa shape index (κ2) is 6.09. The number of thiazole rings is 1. The molecule has 0 unspecified atom stereocenters. The van der Waals surface area contributed by atoms with Crippen LogP contribution in [0.3, 0.4) is 0 Å². The number of nitrogens with zero attached hydrogens (tertiary/aromatic N) is 3. The summed E-state index contributed by atoms with van der Waals surface area (Å²) in [4.78, 5) is 4.60. The smallest absolute Gasteiger partial charge is 0.140 e. The van der Waals surface area contributed by atoms with Crippen LogP contribution in [0.4, 0.5) is 0 Å². The Kier molecular flexibility index (Phi) is 3.78. The molecule has 120 valence electrons. The van der Waals surface area contributed by atoms with Gasteiger partial charge >= 0.3 is 0 Å². The van der Waals surface area contributed by atoms with Gasteiger partial charge in [-0.25, -0.2) is 4.98 Å². The summed E-state index contributed by atoms with van der Waals surface area (Å²) in [5.41, 5.74) is 4.47. The summed E-state index contributed by atoms with van der Waals surface area (Å²) in [5, 5.41) is 5.22. The zero-order valence-electron chi connectivity index (χ0n) is 13.6. The van der Waals surface area contributed by atoms with Crippen molar-refractivity contribution in [2.45, 2.75) is 13.5 Å². The van der Waals surface area contributed by atoms with Gasteiger partial charge in [0.15, 0.2) is 0 Å². The maximum Gasteiger partial charge on any atom is 0.140 e. The summed E-state index contributed by atoms with van der Waals surface area (Å²) < 4.78 is 9.00. The zero-order chi connectivity index (χ0) is 16.5. The first-order chi connectivity index (χ1) is 11.7. The number of ether oxygens (including phenoxy) is 1. The maximum atomic E-state index is 5.93. The molecule has 0 radical (unpaired) electrons. The minimum atomic E-state index is 0.490. The van der Waals surface area contributed by atoms with E-state index in [0.29, 0.717) is 6.61 Å². The highest BCUT2D eigenvalue weighted by molar-refractivity contribution is 7.18. The van der Waals surface area contributed by atoms with Gasteiger partial charge in [-0.1, -0.05) is 12.1 Å². The van der Waals surface area contributed by atoms with Crippen molar-refractivity contribution in [3.8, 4) is 17.0 Å². The molecule has 0 fully saturated rings.